The van der Waals surface area contributed by atoms with E-state index in [1.54, 1.807) is 0 Å². The van der Waals surface area contributed by atoms with Crippen LogP contribution >= 0.6 is 0 Å². The topological polar surface area (TPSA) is 49.8 Å². The van der Waals surface area contributed by atoms with Gasteiger partial charge >= 0.3 is 5.97 Å². The van der Waals surface area contributed by atoms with Crippen LogP contribution in [0.25, 0.3) is 11.1 Å². The number of benzene rings is 2. The van der Waals surface area contributed by atoms with E-state index >= 15 is 0 Å². The molecule has 1 N–H and O–H groups in total. The molecule has 4 heteroatoms. The summed E-state index contributed by atoms with van der Waals surface area (Å²) in [7, 11) is 0. The number of rotatable bonds is 6. The standard InChI is InChI=1S/C19H21NO3/c21-19(22)18-7-4-12-20(18)13-14-23-17-10-8-16(9-11-17)15-5-2-1-3-6-15/h1-3,5-6,8-11,18H,4,7,12-14H2,(H,21,22). The molecule has 120 valence electrons. The van der Waals surface area contributed by atoms with Gasteiger partial charge < -0.3 is 9.84 Å². The van der Waals surface area contributed by atoms with Gasteiger partial charge in [-0.05, 0) is 42.6 Å². The quantitative estimate of drug-likeness (QED) is 0.889. The van der Waals surface area contributed by atoms with Crippen molar-refractivity contribution in [1.29, 1.82) is 0 Å². The molecule has 2 aromatic rings. The first-order valence-corrected chi connectivity index (χ1v) is 7.99. The van der Waals surface area contributed by atoms with E-state index in [2.05, 4.69) is 12.1 Å². The summed E-state index contributed by atoms with van der Waals surface area (Å²) in [5, 5.41) is 9.16. The van der Waals surface area contributed by atoms with Gasteiger partial charge in [0.15, 0.2) is 0 Å². The number of aliphatic carboxylic acids is 1. The van der Waals surface area contributed by atoms with E-state index in [1.807, 2.05) is 47.4 Å². The zero-order valence-electron chi connectivity index (χ0n) is 13.0. The minimum atomic E-state index is -0.727. The third kappa shape index (κ3) is 3.90. The fraction of sp³-hybridized carbons (Fsp3) is 0.316. The molecule has 1 saturated heterocycles. The van der Waals surface area contributed by atoms with Crippen molar-refractivity contribution in [3.8, 4) is 16.9 Å². The number of hydrogen-bond donors (Lipinski definition) is 1. The van der Waals surface area contributed by atoms with Gasteiger partial charge in [-0.15, -0.1) is 0 Å². The first-order chi connectivity index (χ1) is 11.2. The third-order valence-corrected chi connectivity index (χ3v) is 4.26. The number of nitrogens with zero attached hydrogens (tertiary/aromatic N) is 1. The highest BCUT2D eigenvalue weighted by Crippen LogP contribution is 2.22. The molecule has 0 aliphatic carbocycles. The molecule has 3 rings (SSSR count). The lowest BCUT2D eigenvalue weighted by Gasteiger charge is -2.20. The summed E-state index contributed by atoms with van der Waals surface area (Å²) in [6, 6.07) is 17.9. The first kappa shape index (κ1) is 15.6. The van der Waals surface area contributed by atoms with Crippen molar-refractivity contribution >= 4 is 5.97 Å². The Labute approximate surface area is 136 Å². The van der Waals surface area contributed by atoms with Crippen LogP contribution in [0.3, 0.4) is 0 Å². The van der Waals surface area contributed by atoms with Gasteiger partial charge in [0, 0.05) is 6.54 Å². The van der Waals surface area contributed by atoms with E-state index in [9.17, 15) is 4.79 Å². The van der Waals surface area contributed by atoms with Crippen LogP contribution in [0.1, 0.15) is 12.8 Å². The summed E-state index contributed by atoms with van der Waals surface area (Å²) in [6.07, 6.45) is 1.68. The molecule has 4 nitrogen and oxygen atoms in total. The Kier molecular flexibility index (Phi) is 4.93. The second-order valence-electron chi connectivity index (χ2n) is 5.77. The molecule has 2 aromatic carbocycles. The van der Waals surface area contributed by atoms with E-state index < -0.39 is 5.97 Å². The summed E-state index contributed by atoms with van der Waals surface area (Å²) in [6.45, 7) is 2.00. The highest BCUT2D eigenvalue weighted by Gasteiger charge is 2.29. The molecular weight excluding hydrogens is 290 g/mol. The van der Waals surface area contributed by atoms with Crippen LogP contribution in [0.15, 0.2) is 54.6 Å². The Morgan fingerprint density at radius 1 is 1.09 bits per heavy atom. The van der Waals surface area contributed by atoms with Crippen molar-refractivity contribution in [3.63, 3.8) is 0 Å². The van der Waals surface area contributed by atoms with E-state index in [0.29, 0.717) is 13.2 Å². The van der Waals surface area contributed by atoms with Gasteiger partial charge in [0.05, 0.1) is 0 Å². The number of ether oxygens (including phenoxy) is 1. The molecule has 23 heavy (non-hydrogen) atoms. The Hall–Kier alpha value is -2.33. The molecule has 0 saturated carbocycles. The molecule has 0 spiro atoms. The van der Waals surface area contributed by atoms with E-state index in [-0.39, 0.29) is 6.04 Å². The van der Waals surface area contributed by atoms with Crippen molar-refractivity contribution in [2.45, 2.75) is 18.9 Å². The number of carbonyl (C=O) groups is 1. The van der Waals surface area contributed by atoms with Gasteiger partial charge in [-0.25, -0.2) is 0 Å². The predicted octanol–water partition coefficient (Wildman–Crippen LogP) is 3.28. The smallest absolute Gasteiger partial charge is 0.320 e. The van der Waals surface area contributed by atoms with Crippen LogP contribution in [-0.4, -0.2) is 41.7 Å². The molecule has 1 aliphatic heterocycles. The fourth-order valence-electron chi connectivity index (χ4n) is 3.03. The van der Waals surface area contributed by atoms with Crippen molar-refractivity contribution in [3.05, 3.63) is 54.6 Å². The van der Waals surface area contributed by atoms with Crippen molar-refractivity contribution in [2.24, 2.45) is 0 Å². The van der Waals surface area contributed by atoms with Crippen molar-refractivity contribution < 1.29 is 14.6 Å². The maximum Gasteiger partial charge on any atom is 0.320 e. The van der Waals surface area contributed by atoms with Gasteiger partial charge in [-0.1, -0.05) is 42.5 Å². The summed E-state index contributed by atoms with van der Waals surface area (Å²) in [5.41, 5.74) is 2.34. The second kappa shape index (κ2) is 7.29. The highest BCUT2D eigenvalue weighted by atomic mass is 16.5. The first-order valence-electron chi connectivity index (χ1n) is 7.99. The number of carboxylic acids is 1. The fourth-order valence-corrected chi connectivity index (χ4v) is 3.03. The minimum Gasteiger partial charge on any atom is -0.492 e. The number of likely N-dealkylation sites (tertiary alicyclic amines) is 1. The molecule has 0 amide bonds. The maximum atomic E-state index is 11.1. The van der Waals surface area contributed by atoms with Gasteiger partial charge in [-0.3, -0.25) is 9.69 Å². The molecule has 1 heterocycles. The molecule has 1 fully saturated rings. The van der Waals surface area contributed by atoms with Gasteiger partial charge in [-0.2, -0.15) is 0 Å². The largest absolute Gasteiger partial charge is 0.492 e. The van der Waals surface area contributed by atoms with E-state index in [1.165, 1.54) is 5.56 Å². The highest BCUT2D eigenvalue weighted by molar-refractivity contribution is 5.73. The molecule has 1 aliphatic rings. The van der Waals surface area contributed by atoms with Crippen LogP contribution in [0.2, 0.25) is 0 Å². The maximum absolute atomic E-state index is 11.1. The Bertz CT molecular complexity index is 639. The molecule has 1 atom stereocenters. The van der Waals surface area contributed by atoms with Crippen LogP contribution in [0, 0.1) is 0 Å². The lowest BCUT2D eigenvalue weighted by molar-refractivity contribution is -0.142. The third-order valence-electron chi connectivity index (χ3n) is 4.26. The molecule has 1 unspecified atom stereocenters. The van der Waals surface area contributed by atoms with Crippen molar-refractivity contribution in [1.82, 2.24) is 4.90 Å². The lowest BCUT2D eigenvalue weighted by Crippen LogP contribution is -2.38. The van der Waals surface area contributed by atoms with Gasteiger partial charge in [0.1, 0.15) is 18.4 Å². The van der Waals surface area contributed by atoms with Crippen LogP contribution in [-0.2, 0) is 4.79 Å². The Morgan fingerprint density at radius 2 is 1.78 bits per heavy atom. The van der Waals surface area contributed by atoms with Crippen LogP contribution in [0.4, 0.5) is 0 Å². The van der Waals surface area contributed by atoms with Crippen LogP contribution in [0.5, 0.6) is 5.75 Å². The van der Waals surface area contributed by atoms with Gasteiger partial charge in [0.2, 0.25) is 0 Å². The summed E-state index contributed by atoms with van der Waals surface area (Å²) in [4.78, 5) is 13.1. The minimum absolute atomic E-state index is 0.348. The van der Waals surface area contributed by atoms with Crippen LogP contribution < -0.4 is 4.74 Å². The average molecular weight is 311 g/mol. The van der Waals surface area contributed by atoms with Crippen molar-refractivity contribution in [2.75, 3.05) is 19.7 Å². The number of carboxylic acid groups (broad SMARTS) is 1. The summed E-state index contributed by atoms with van der Waals surface area (Å²) in [5.74, 6) is 0.0884. The molecule has 0 radical (unpaired) electrons. The average Bonchev–Trinajstić information content (AvgIpc) is 3.05. The monoisotopic (exact) mass is 311 g/mol. The number of hydrogen-bond acceptors (Lipinski definition) is 3. The lowest BCUT2D eigenvalue weighted by atomic mass is 10.1. The second-order valence-corrected chi connectivity index (χ2v) is 5.77. The SMILES string of the molecule is O=C(O)C1CCCN1CCOc1ccc(-c2ccccc2)cc1. The molecular formula is C19H21NO3. The molecule has 0 aromatic heterocycles. The van der Waals surface area contributed by atoms with Gasteiger partial charge in [0.25, 0.3) is 0 Å². The van der Waals surface area contributed by atoms with E-state index in [4.69, 9.17) is 9.84 Å². The van der Waals surface area contributed by atoms with E-state index in [0.717, 1.165) is 30.7 Å². The summed E-state index contributed by atoms with van der Waals surface area (Å²) < 4.78 is 5.75. The predicted molar refractivity (Wildman–Crippen MR) is 89.6 cm³/mol. The zero-order valence-corrected chi connectivity index (χ0v) is 13.0. The summed E-state index contributed by atoms with van der Waals surface area (Å²) >= 11 is 0. The Morgan fingerprint density at radius 3 is 2.48 bits per heavy atom. The zero-order chi connectivity index (χ0) is 16.1. The molecule has 0 bridgehead atoms. The normalized spacial score (nSPS) is 18.0. The Balaban J connectivity index is 1.52.